The minimum absolute atomic E-state index is 0.0130. The Morgan fingerprint density at radius 3 is 2.75 bits per heavy atom. The van der Waals surface area contributed by atoms with Crippen molar-refractivity contribution in [3.05, 3.63) is 23.7 Å². The molecule has 2 N–H and O–H groups in total. The number of hydrogen-bond donors (Lipinski definition) is 2. The van der Waals surface area contributed by atoms with Gasteiger partial charge >= 0.3 is 5.97 Å². The second-order valence-corrected chi connectivity index (χ2v) is 5.65. The number of hydrogen-bond acceptors (Lipinski definition) is 4. The molecule has 0 aliphatic carbocycles. The lowest BCUT2D eigenvalue weighted by Gasteiger charge is -2.21. The first-order valence-corrected chi connectivity index (χ1v) is 6.25. The monoisotopic (exact) mass is 243 g/mol. The number of furan rings is 1. The Labute approximate surface area is 99.4 Å². The average Bonchev–Trinajstić information content (AvgIpc) is 2.66. The number of carbonyl (C=O) groups is 1. The van der Waals surface area contributed by atoms with Gasteiger partial charge in [0, 0.05) is 11.3 Å². The van der Waals surface area contributed by atoms with E-state index in [2.05, 4.69) is 25.4 Å². The molecule has 0 aliphatic rings. The Hall–Kier alpha value is -0.940. The van der Waals surface area contributed by atoms with Gasteiger partial charge in [-0.3, -0.25) is 0 Å². The number of nitrogens with one attached hydrogen (secondary N) is 1. The molecule has 0 unspecified atom stereocenters. The van der Waals surface area contributed by atoms with Gasteiger partial charge in [0.1, 0.15) is 5.76 Å². The van der Waals surface area contributed by atoms with Crippen LogP contribution in [0.1, 0.15) is 30.2 Å². The van der Waals surface area contributed by atoms with E-state index >= 15 is 0 Å². The van der Waals surface area contributed by atoms with Crippen molar-refractivity contribution >= 4 is 17.7 Å². The molecular formula is C11H17NO3S. The number of carboxylic acids is 1. The van der Waals surface area contributed by atoms with E-state index in [-0.39, 0.29) is 10.5 Å². The highest BCUT2D eigenvalue weighted by molar-refractivity contribution is 7.99. The van der Waals surface area contributed by atoms with Gasteiger partial charge in [0.25, 0.3) is 0 Å². The fraction of sp³-hybridized carbons (Fsp3) is 0.545. The molecule has 16 heavy (non-hydrogen) atoms. The van der Waals surface area contributed by atoms with Gasteiger partial charge in [-0.2, -0.15) is 11.8 Å². The van der Waals surface area contributed by atoms with Crippen molar-refractivity contribution in [2.45, 2.75) is 25.1 Å². The van der Waals surface area contributed by atoms with Gasteiger partial charge < -0.3 is 14.8 Å². The average molecular weight is 243 g/mol. The van der Waals surface area contributed by atoms with E-state index in [1.807, 2.05) is 0 Å². The molecule has 5 heteroatoms. The van der Waals surface area contributed by atoms with Crippen molar-refractivity contribution in [2.24, 2.45) is 0 Å². The number of aromatic carboxylic acids is 1. The molecule has 0 radical (unpaired) electrons. The third-order valence-corrected chi connectivity index (χ3v) is 3.52. The first-order chi connectivity index (χ1) is 7.44. The van der Waals surface area contributed by atoms with Gasteiger partial charge in [-0.05, 0) is 32.2 Å². The van der Waals surface area contributed by atoms with Crippen LogP contribution in [0.15, 0.2) is 16.5 Å². The summed E-state index contributed by atoms with van der Waals surface area (Å²) in [6, 6.07) is 3.15. The maximum atomic E-state index is 10.6. The van der Waals surface area contributed by atoms with Crippen LogP contribution in [0.3, 0.4) is 0 Å². The van der Waals surface area contributed by atoms with E-state index in [4.69, 9.17) is 9.52 Å². The highest BCUT2D eigenvalue weighted by atomic mass is 32.2. The number of thioether (sulfide) groups is 1. The molecule has 0 saturated heterocycles. The predicted octanol–water partition coefficient (Wildman–Crippen LogP) is 2.21. The summed E-state index contributed by atoms with van der Waals surface area (Å²) in [5.41, 5.74) is 0. The van der Waals surface area contributed by atoms with Gasteiger partial charge in [-0.25, -0.2) is 4.79 Å². The summed E-state index contributed by atoms with van der Waals surface area (Å²) >= 11 is 1.79. The van der Waals surface area contributed by atoms with Crippen molar-refractivity contribution < 1.29 is 14.3 Å². The molecule has 0 saturated carbocycles. The van der Waals surface area contributed by atoms with Crippen LogP contribution in [0.25, 0.3) is 0 Å². The van der Waals surface area contributed by atoms with E-state index in [0.717, 1.165) is 6.54 Å². The van der Waals surface area contributed by atoms with E-state index < -0.39 is 5.97 Å². The lowest BCUT2D eigenvalue weighted by Crippen LogP contribution is -2.31. The van der Waals surface area contributed by atoms with Crippen LogP contribution in [0, 0.1) is 0 Å². The fourth-order valence-electron chi connectivity index (χ4n) is 1.15. The molecular weight excluding hydrogens is 226 g/mol. The Kier molecular flexibility index (Phi) is 4.44. The SMILES string of the molecule is CSC(C)(C)CNCc1ccc(C(=O)O)o1. The molecule has 0 aromatic carbocycles. The normalized spacial score (nSPS) is 11.7. The molecule has 4 nitrogen and oxygen atoms in total. The van der Waals surface area contributed by atoms with E-state index in [1.54, 1.807) is 17.8 Å². The van der Waals surface area contributed by atoms with Crippen LogP contribution in [0.4, 0.5) is 0 Å². The second-order valence-electron chi connectivity index (χ2n) is 4.14. The van der Waals surface area contributed by atoms with E-state index in [0.29, 0.717) is 12.3 Å². The summed E-state index contributed by atoms with van der Waals surface area (Å²) in [5, 5.41) is 11.9. The molecule has 1 aromatic rings. The molecule has 0 bridgehead atoms. The maximum absolute atomic E-state index is 10.6. The van der Waals surface area contributed by atoms with Crippen molar-refractivity contribution in [2.75, 3.05) is 12.8 Å². The third kappa shape index (κ3) is 3.90. The minimum atomic E-state index is -1.03. The summed E-state index contributed by atoms with van der Waals surface area (Å²) in [5.74, 6) is -0.397. The largest absolute Gasteiger partial charge is 0.475 e. The molecule has 1 aromatic heterocycles. The Balaban J connectivity index is 2.40. The highest BCUT2D eigenvalue weighted by Crippen LogP contribution is 2.19. The highest BCUT2D eigenvalue weighted by Gasteiger charge is 2.15. The molecule has 0 fully saturated rings. The van der Waals surface area contributed by atoms with Crippen LogP contribution in [0.2, 0.25) is 0 Å². The van der Waals surface area contributed by atoms with Crippen LogP contribution < -0.4 is 5.32 Å². The first-order valence-electron chi connectivity index (χ1n) is 5.02. The molecule has 0 amide bonds. The summed E-state index contributed by atoms with van der Waals surface area (Å²) in [6.45, 7) is 5.69. The Bertz CT molecular complexity index is 360. The fourth-order valence-corrected chi connectivity index (χ4v) is 1.39. The van der Waals surface area contributed by atoms with Crippen LogP contribution in [-0.4, -0.2) is 28.6 Å². The second kappa shape index (κ2) is 5.41. The van der Waals surface area contributed by atoms with E-state index in [9.17, 15) is 4.79 Å². The lowest BCUT2D eigenvalue weighted by molar-refractivity contribution is 0.0660. The maximum Gasteiger partial charge on any atom is 0.371 e. The van der Waals surface area contributed by atoms with Crippen molar-refractivity contribution in [1.82, 2.24) is 5.32 Å². The van der Waals surface area contributed by atoms with Crippen LogP contribution in [-0.2, 0) is 6.54 Å². The predicted molar refractivity (Wildman–Crippen MR) is 65.0 cm³/mol. The first kappa shape index (κ1) is 13.1. The molecule has 1 heterocycles. The van der Waals surface area contributed by atoms with Crippen molar-refractivity contribution in [3.8, 4) is 0 Å². The summed E-state index contributed by atoms with van der Waals surface area (Å²) in [6.07, 6.45) is 2.07. The summed E-state index contributed by atoms with van der Waals surface area (Å²) < 4.78 is 5.29. The standard InChI is InChI=1S/C11H17NO3S/c1-11(2,16-3)7-12-6-8-4-5-9(15-8)10(13)14/h4-5,12H,6-7H2,1-3H3,(H,13,14). The Morgan fingerprint density at radius 2 is 2.25 bits per heavy atom. The quantitative estimate of drug-likeness (QED) is 0.802. The van der Waals surface area contributed by atoms with Gasteiger partial charge in [-0.1, -0.05) is 0 Å². The topological polar surface area (TPSA) is 62.5 Å². The van der Waals surface area contributed by atoms with Gasteiger partial charge in [0.15, 0.2) is 0 Å². The summed E-state index contributed by atoms with van der Waals surface area (Å²) in [4.78, 5) is 10.6. The zero-order chi connectivity index (χ0) is 12.2. The molecule has 0 spiro atoms. The van der Waals surface area contributed by atoms with Gasteiger partial charge in [-0.15, -0.1) is 0 Å². The molecule has 1 rings (SSSR count). The third-order valence-electron chi connectivity index (χ3n) is 2.27. The smallest absolute Gasteiger partial charge is 0.371 e. The lowest BCUT2D eigenvalue weighted by atomic mass is 10.2. The molecule has 90 valence electrons. The van der Waals surface area contributed by atoms with Crippen LogP contribution in [0.5, 0.6) is 0 Å². The van der Waals surface area contributed by atoms with Gasteiger partial charge in [0.05, 0.1) is 6.54 Å². The summed E-state index contributed by atoms with van der Waals surface area (Å²) in [7, 11) is 0. The van der Waals surface area contributed by atoms with E-state index in [1.165, 1.54) is 6.07 Å². The van der Waals surface area contributed by atoms with Crippen molar-refractivity contribution in [1.29, 1.82) is 0 Å². The number of carboxylic acid groups (broad SMARTS) is 1. The zero-order valence-corrected chi connectivity index (χ0v) is 10.6. The molecule has 0 atom stereocenters. The number of rotatable bonds is 6. The zero-order valence-electron chi connectivity index (χ0n) is 9.74. The Morgan fingerprint density at radius 1 is 1.56 bits per heavy atom. The van der Waals surface area contributed by atoms with Crippen LogP contribution >= 0.6 is 11.8 Å². The van der Waals surface area contributed by atoms with Crippen molar-refractivity contribution in [3.63, 3.8) is 0 Å². The van der Waals surface area contributed by atoms with Gasteiger partial charge in [0.2, 0.25) is 5.76 Å². The minimum Gasteiger partial charge on any atom is -0.475 e. The molecule has 0 aliphatic heterocycles.